The zero-order chi connectivity index (χ0) is 10.8. The van der Waals surface area contributed by atoms with Crippen LogP contribution < -0.4 is 5.73 Å². The molecule has 0 amide bonds. The lowest BCUT2D eigenvalue weighted by molar-refractivity contribution is -0.385. The number of nitrogens with two attached hydrogens (primary N) is 1. The van der Waals surface area contributed by atoms with Gasteiger partial charge in [0.25, 0.3) is 0 Å². The van der Waals surface area contributed by atoms with E-state index in [1.807, 2.05) is 0 Å². The Morgan fingerprint density at radius 1 is 1.67 bits per heavy atom. The van der Waals surface area contributed by atoms with E-state index < -0.39 is 4.92 Å². The third kappa shape index (κ3) is 1.99. The van der Waals surface area contributed by atoms with Gasteiger partial charge in [-0.25, -0.2) is 0 Å². The van der Waals surface area contributed by atoms with E-state index in [-0.39, 0.29) is 11.7 Å². The van der Waals surface area contributed by atoms with Crippen LogP contribution in [0.25, 0.3) is 0 Å². The molecule has 2 unspecified atom stereocenters. The van der Waals surface area contributed by atoms with Crippen LogP contribution in [0.5, 0.6) is 0 Å². The number of hydrogen-bond acceptors (Lipinski definition) is 4. The zero-order valence-electron chi connectivity index (χ0n) is 8.37. The maximum absolute atomic E-state index is 10.5. The van der Waals surface area contributed by atoms with Crippen LogP contribution in [0.15, 0.2) is 12.4 Å². The third-order valence-electron chi connectivity index (χ3n) is 3.02. The number of rotatable bonds is 3. The molecule has 0 saturated heterocycles. The number of aromatic nitrogens is 2. The Morgan fingerprint density at radius 3 is 3.00 bits per heavy atom. The quantitative estimate of drug-likeness (QED) is 0.597. The van der Waals surface area contributed by atoms with E-state index in [4.69, 9.17) is 5.73 Å². The standard InChI is InChI=1S/C9H14N4O2/c10-4-7-1-2-8(3-7)12-6-9(5-11-12)13(14)15/h5-8H,1-4,10H2. The van der Waals surface area contributed by atoms with Crippen molar-refractivity contribution in [1.82, 2.24) is 9.78 Å². The average Bonchev–Trinajstić information content (AvgIpc) is 2.86. The SMILES string of the molecule is NCC1CCC(n2cc([N+](=O)[O-])cn2)C1. The minimum absolute atomic E-state index is 0.0613. The molecule has 0 spiro atoms. The summed E-state index contributed by atoms with van der Waals surface area (Å²) in [5.41, 5.74) is 5.65. The largest absolute Gasteiger partial charge is 0.330 e. The predicted octanol–water partition coefficient (Wildman–Crippen LogP) is 1.09. The van der Waals surface area contributed by atoms with Gasteiger partial charge in [0.2, 0.25) is 0 Å². The van der Waals surface area contributed by atoms with E-state index in [1.165, 1.54) is 12.4 Å². The summed E-state index contributed by atoms with van der Waals surface area (Å²) in [5, 5.41) is 14.5. The van der Waals surface area contributed by atoms with E-state index in [0.717, 1.165) is 19.3 Å². The molecule has 1 aliphatic rings. The van der Waals surface area contributed by atoms with Crippen LogP contribution in [0.2, 0.25) is 0 Å². The van der Waals surface area contributed by atoms with E-state index in [0.29, 0.717) is 12.5 Å². The number of nitrogens with zero attached hydrogens (tertiary/aromatic N) is 3. The molecule has 82 valence electrons. The van der Waals surface area contributed by atoms with Gasteiger partial charge in [0, 0.05) is 0 Å². The Hall–Kier alpha value is -1.43. The second kappa shape index (κ2) is 3.98. The van der Waals surface area contributed by atoms with Crippen molar-refractivity contribution >= 4 is 5.69 Å². The van der Waals surface area contributed by atoms with Crippen molar-refractivity contribution in [2.45, 2.75) is 25.3 Å². The predicted molar refractivity (Wildman–Crippen MR) is 54.3 cm³/mol. The number of nitro groups is 1. The minimum Gasteiger partial charge on any atom is -0.330 e. The molecule has 1 saturated carbocycles. The average molecular weight is 210 g/mol. The van der Waals surface area contributed by atoms with E-state index in [9.17, 15) is 10.1 Å². The fourth-order valence-electron chi connectivity index (χ4n) is 2.12. The topological polar surface area (TPSA) is 87.0 Å². The third-order valence-corrected chi connectivity index (χ3v) is 3.02. The summed E-state index contributed by atoms with van der Waals surface area (Å²) in [7, 11) is 0. The molecular formula is C9H14N4O2. The van der Waals surface area contributed by atoms with Crippen LogP contribution >= 0.6 is 0 Å². The minimum atomic E-state index is -0.418. The highest BCUT2D eigenvalue weighted by Crippen LogP contribution is 2.33. The summed E-state index contributed by atoms with van der Waals surface area (Å²) in [4.78, 5) is 10.1. The van der Waals surface area contributed by atoms with Gasteiger partial charge in [-0.3, -0.25) is 14.8 Å². The fraction of sp³-hybridized carbons (Fsp3) is 0.667. The van der Waals surface area contributed by atoms with Crippen molar-refractivity contribution in [3.63, 3.8) is 0 Å². The lowest BCUT2D eigenvalue weighted by Gasteiger charge is -2.09. The molecule has 1 aromatic heterocycles. The molecular weight excluding hydrogens is 196 g/mol. The Morgan fingerprint density at radius 2 is 2.47 bits per heavy atom. The first-order chi connectivity index (χ1) is 7.20. The first-order valence-electron chi connectivity index (χ1n) is 5.09. The molecule has 1 heterocycles. The maximum Gasteiger partial charge on any atom is 0.307 e. The lowest BCUT2D eigenvalue weighted by atomic mass is 10.1. The van der Waals surface area contributed by atoms with Gasteiger partial charge in [0.05, 0.1) is 11.0 Å². The second-order valence-electron chi connectivity index (χ2n) is 4.00. The van der Waals surface area contributed by atoms with Crippen LogP contribution in [0, 0.1) is 16.0 Å². The van der Waals surface area contributed by atoms with Crippen molar-refractivity contribution in [2.75, 3.05) is 6.54 Å². The van der Waals surface area contributed by atoms with Gasteiger partial charge in [0.1, 0.15) is 12.4 Å². The summed E-state index contributed by atoms with van der Waals surface area (Å²) >= 11 is 0. The normalized spacial score (nSPS) is 25.7. The molecule has 6 nitrogen and oxygen atoms in total. The van der Waals surface area contributed by atoms with Crippen LogP contribution in [0.4, 0.5) is 5.69 Å². The Labute approximate surface area is 87.2 Å². The molecule has 6 heteroatoms. The maximum atomic E-state index is 10.5. The van der Waals surface area contributed by atoms with Gasteiger partial charge in [0.15, 0.2) is 0 Å². The summed E-state index contributed by atoms with van der Waals surface area (Å²) in [6, 6.07) is 0.284. The Kier molecular flexibility index (Phi) is 2.68. The molecule has 1 aromatic rings. The first-order valence-corrected chi connectivity index (χ1v) is 5.09. The summed E-state index contributed by atoms with van der Waals surface area (Å²) in [6.45, 7) is 0.694. The van der Waals surface area contributed by atoms with Crippen LogP contribution in [0.1, 0.15) is 25.3 Å². The van der Waals surface area contributed by atoms with E-state index in [1.54, 1.807) is 4.68 Å². The van der Waals surface area contributed by atoms with Crippen molar-refractivity contribution < 1.29 is 4.92 Å². The fourth-order valence-corrected chi connectivity index (χ4v) is 2.12. The Balaban J connectivity index is 2.07. The van der Waals surface area contributed by atoms with Gasteiger partial charge in [-0.15, -0.1) is 0 Å². The van der Waals surface area contributed by atoms with Crippen LogP contribution in [-0.2, 0) is 0 Å². The molecule has 0 aliphatic heterocycles. The zero-order valence-corrected chi connectivity index (χ0v) is 8.37. The highest BCUT2D eigenvalue weighted by atomic mass is 16.6. The molecule has 2 rings (SSSR count). The monoisotopic (exact) mass is 210 g/mol. The highest BCUT2D eigenvalue weighted by Gasteiger charge is 2.26. The van der Waals surface area contributed by atoms with Crippen LogP contribution in [0.3, 0.4) is 0 Å². The van der Waals surface area contributed by atoms with Gasteiger partial charge < -0.3 is 5.73 Å². The van der Waals surface area contributed by atoms with Gasteiger partial charge >= 0.3 is 5.69 Å². The van der Waals surface area contributed by atoms with Gasteiger partial charge in [-0.05, 0) is 31.7 Å². The molecule has 1 aliphatic carbocycles. The molecule has 0 radical (unpaired) electrons. The number of hydrogen-bond donors (Lipinski definition) is 1. The van der Waals surface area contributed by atoms with Crippen molar-refractivity contribution in [2.24, 2.45) is 11.7 Å². The molecule has 0 bridgehead atoms. The van der Waals surface area contributed by atoms with Crippen LogP contribution in [-0.4, -0.2) is 21.2 Å². The highest BCUT2D eigenvalue weighted by molar-refractivity contribution is 5.21. The second-order valence-corrected chi connectivity index (χ2v) is 4.00. The summed E-state index contributed by atoms with van der Waals surface area (Å²) in [6.07, 6.45) is 5.89. The summed E-state index contributed by atoms with van der Waals surface area (Å²) < 4.78 is 1.70. The van der Waals surface area contributed by atoms with E-state index in [2.05, 4.69) is 5.10 Å². The molecule has 0 aromatic carbocycles. The van der Waals surface area contributed by atoms with Crippen molar-refractivity contribution in [1.29, 1.82) is 0 Å². The van der Waals surface area contributed by atoms with Gasteiger partial charge in [-0.1, -0.05) is 0 Å². The lowest BCUT2D eigenvalue weighted by Crippen LogP contribution is -2.12. The molecule has 2 atom stereocenters. The summed E-state index contributed by atoms with van der Waals surface area (Å²) in [5.74, 6) is 0.540. The van der Waals surface area contributed by atoms with Crippen molar-refractivity contribution in [3.8, 4) is 0 Å². The smallest absolute Gasteiger partial charge is 0.307 e. The van der Waals surface area contributed by atoms with Gasteiger partial charge in [-0.2, -0.15) is 5.10 Å². The molecule has 15 heavy (non-hydrogen) atoms. The molecule has 2 N–H and O–H groups in total. The van der Waals surface area contributed by atoms with Crippen molar-refractivity contribution in [3.05, 3.63) is 22.5 Å². The first kappa shape index (κ1) is 10.1. The Bertz CT molecular complexity index is 363. The van der Waals surface area contributed by atoms with E-state index >= 15 is 0 Å². The molecule has 1 fully saturated rings.